The Morgan fingerprint density at radius 1 is 1.14 bits per heavy atom. The van der Waals surface area contributed by atoms with E-state index in [1.165, 1.54) is 11.1 Å². The van der Waals surface area contributed by atoms with Crippen LogP contribution in [0.25, 0.3) is 0 Å². The van der Waals surface area contributed by atoms with E-state index >= 15 is 0 Å². The Morgan fingerprint density at radius 2 is 1.71 bits per heavy atom. The summed E-state index contributed by atoms with van der Waals surface area (Å²) in [5.74, 6) is 0.113. The van der Waals surface area contributed by atoms with Crippen molar-refractivity contribution in [3.05, 3.63) is 28.8 Å². The molecule has 76 valence electrons. The molecular formula is C12H17NO. The zero-order valence-corrected chi connectivity index (χ0v) is 9.27. The van der Waals surface area contributed by atoms with Gasteiger partial charge in [-0.2, -0.15) is 0 Å². The van der Waals surface area contributed by atoms with E-state index in [4.69, 9.17) is 0 Å². The summed E-state index contributed by atoms with van der Waals surface area (Å²) in [6.45, 7) is 8.06. The minimum atomic E-state index is 0.113. The number of nitrogens with one attached hydrogen (secondary N) is 1. The SMILES string of the molecule is CC.Cc1ccc(C)c2c1CC(=O)N2. The minimum Gasteiger partial charge on any atom is -0.325 e. The molecule has 0 aliphatic carbocycles. The Balaban J connectivity index is 0.000000461. The summed E-state index contributed by atoms with van der Waals surface area (Å²) < 4.78 is 0. The summed E-state index contributed by atoms with van der Waals surface area (Å²) in [4.78, 5) is 11.1. The molecule has 0 atom stereocenters. The molecular weight excluding hydrogens is 174 g/mol. The van der Waals surface area contributed by atoms with E-state index in [1.54, 1.807) is 0 Å². The van der Waals surface area contributed by atoms with Gasteiger partial charge < -0.3 is 5.32 Å². The predicted octanol–water partition coefficient (Wildman–Crippen LogP) is 2.82. The molecule has 1 aromatic carbocycles. The van der Waals surface area contributed by atoms with Gasteiger partial charge in [-0.05, 0) is 30.5 Å². The predicted molar refractivity (Wildman–Crippen MR) is 59.6 cm³/mol. The zero-order valence-electron chi connectivity index (χ0n) is 9.27. The number of amides is 1. The van der Waals surface area contributed by atoms with Gasteiger partial charge in [-0.25, -0.2) is 0 Å². The lowest BCUT2D eigenvalue weighted by Gasteiger charge is -2.04. The van der Waals surface area contributed by atoms with Crippen LogP contribution in [0.1, 0.15) is 30.5 Å². The van der Waals surface area contributed by atoms with Gasteiger partial charge in [0, 0.05) is 5.69 Å². The summed E-state index contributed by atoms with van der Waals surface area (Å²) >= 11 is 0. The third-order valence-corrected chi connectivity index (χ3v) is 2.36. The molecule has 0 saturated heterocycles. The number of rotatable bonds is 0. The monoisotopic (exact) mass is 191 g/mol. The first-order valence-electron chi connectivity index (χ1n) is 5.07. The maximum Gasteiger partial charge on any atom is 0.228 e. The molecule has 0 fully saturated rings. The summed E-state index contributed by atoms with van der Waals surface area (Å²) in [6.07, 6.45) is 0.544. The van der Waals surface area contributed by atoms with E-state index in [-0.39, 0.29) is 5.91 Å². The van der Waals surface area contributed by atoms with Crippen LogP contribution in [0.3, 0.4) is 0 Å². The van der Waals surface area contributed by atoms with Crippen molar-refractivity contribution in [3.63, 3.8) is 0 Å². The largest absolute Gasteiger partial charge is 0.325 e. The third kappa shape index (κ3) is 1.79. The van der Waals surface area contributed by atoms with Crippen LogP contribution in [0, 0.1) is 13.8 Å². The van der Waals surface area contributed by atoms with Gasteiger partial charge >= 0.3 is 0 Å². The fourth-order valence-corrected chi connectivity index (χ4v) is 1.62. The van der Waals surface area contributed by atoms with E-state index in [0.29, 0.717) is 6.42 Å². The summed E-state index contributed by atoms with van der Waals surface area (Å²) in [5, 5.41) is 2.87. The van der Waals surface area contributed by atoms with Gasteiger partial charge in [0.2, 0.25) is 5.91 Å². The van der Waals surface area contributed by atoms with Crippen molar-refractivity contribution >= 4 is 11.6 Å². The van der Waals surface area contributed by atoms with E-state index in [9.17, 15) is 4.79 Å². The first-order valence-corrected chi connectivity index (χ1v) is 5.07. The normalized spacial score (nSPS) is 12.7. The molecule has 1 heterocycles. The average Bonchev–Trinajstić information content (AvgIpc) is 2.58. The molecule has 0 unspecified atom stereocenters. The molecule has 2 heteroatoms. The first kappa shape index (κ1) is 10.8. The number of aryl methyl sites for hydroxylation is 2. The highest BCUT2D eigenvalue weighted by atomic mass is 16.1. The maximum absolute atomic E-state index is 11.1. The molecule has 0 saturated carbocycles. The average molecular weight is 191 g/mol. The molecule has 1 aromatic rings. The number of carbonyl (C=O) groups excluding carboxylic acids is 1. The zero-order chi connectivity index (χ0) is 10.7. The van der Waals surface area contributed by atoms with Crippen LogP contribution in [-0.2, 0) is 11.2 Å². The van der Waals surface area contributed by atoms with Crippen molar-refractivity contribution in [2.45, 2.75) is 34.1 Å². The van der Waals surface area contributed by atoms with Crippen molar-refractivity contribution < 1.29 is 4.79 Å². The van der Waals surface area contributed by atoms with Gasteiger partial charge in [-0.3, -0.25) is 4.79 Å². The molecule has 14 heavy (non-hydrogen) atoms. The lowest BCUT2D eigenvalue weighted by molar-refractivity contribution is -0.115. The van der Waals surface area contributed by atoms with Crippen LogP contribution in [0.4, 0.5) is 5.69 Å². The van der Waals surface area contributed by atoms with Gasteiger partial charge in [-0.1, -0.05) is 26.0 Å². The first-order chi connectivity index (χ1) is 6.68. The van der Waals surface area contributed by atoms with Gasteiger partial charge in [-0.15, -0.1) is 0 Å². The highest BCUT2D eigenvalue weighted by Crippen LogP contribution is 2.29. The van der Waals surface area contributed by atoms with Gasteiger partial charge in [0.15, 0.2) is 0 Å². The Hall–Kier alpha value is -1.31. The molecule has 0 radical (unpaired) electrons. The summed E-state index contributed by atoms with van der Waals surface area (Å²) in [6, 6.07) is 4.11. The van der Waals surface area contributed by atoms with Crippen LogP contribution >= 0.6 is 0 Å². The summed E-state index contributed by atoms with van der Waals surface area (Å²) in [7, 11) is 0. The molecule has 0 aromatic heterocycles. The molecule has 1 aliphatic heterocycles. The van der Waals surface area contributed by atoms with Gasteiger partial charge in [0.05, 0.1) is 6.42 Å². The quantitative estimate of drug-likeness (QED) is 0.671. The Kier molecular flexibility index (Phi) is 3.28. The number of carbonyl (C=O) groups is 1. The highest BCUT2D eigenvalue weighted by Gasteiger charge is 2.20. The lowest BCUT2D eigenvalue weighted by Crippen LogP contribution is -2.04. The fraction of sp³-hybridized carbons (Fsp3) is 0.417. The molecule has 0 spiro atoms. The molecule has 0 bridgehead atoms. The number of hydrogen-bond acceptors (Lipinski definition) is 1. The van der Waals surface area contributed by atoms with E-state index in [2.05, 4.69) is 11.4 Å². The second-order valence-corrected chi connectivity index (χ2v) is 3.28. The van der Waals surface area contributed by atoms with E-state index < -0.39 is 0 Å². The summed E-state index contributed by atoms with van der Waals surface area (Å²) in [5.41, 5.74) is 4.55. The Bertz CT molecular complexity index is 323. The maximum atomic E-state index is 11.1. The molecule has 1 aliphatic rings. The van der Waals surface area contributed by atoms with E-state index in [1.807, 2.05) is 33.8 Å². The molecule has 1 N–H and O–H groups in total. The second-order valence-electron chi connectivity index (χ2n) is 3.28. The standard InChI is InChI=1S/C10H11NO.C2H6/c1-6-3-4-7(2)10-8(6)5-9(12)11-10;1-2/h3-4H,5H2,1-2H3,(H,11,12);1-2H3. The van der Waals surface area contributed by atoms with Crippen LogP contribution in [0.2, 0.25) is 0 Å². The van der Waals surface area contributed by atoms with Crippen molar-refractivity contribution in [3.8, 4) is 0 Å². The highest BCUT2D eigenvalue weighted by molar-refractivity contribution is 6.00. The van der Waals surface area contributed by atoms with Gasteiger partial charge in [0.25, 0.3) is 0 Å². The molecule has 2 nitrogen and oxygen atoms in total. The van der Waals surface area contributed by atoms with Crippen LogP contribution in [-0.4, -0.2) is 5.91 Å². The number of fused-ring (bicyclic) bond motifs is 1. The third-order valence-electron chi connectivity index (χ3n) is 2.36. The number of benzene rings is 1. The van der Waals surface area contributed by atoms with E-state index in [0.717, 1.165) is 11.3 Å². The topological polar surface area (TPSA) is 29.1 Å². The van der Waals surface area contributed by atoms with Crippen LogP contribution < -0.4 is 5.32 Å². The lowest BCUT2D eigenvalue weighted by atomic mass is 10.0. The minimum absolute atomic E-state index is 0.113. The Labute approximate surface area is 85.3 Å². The molecule has 2 rings (SSSR count). The van der Waals surface area contributed by atoms with Crippen molar-refractivity contribution in [2.75, 3.05) is 5.32 Å². The van der Waals surface area contributed by atoms with Crippen molar-refractivity contribution in [1.82, 2.24) is 0 Å². The van der Waals surface area contributed by atoms with Crippen LogP contribution in [0.15, 0.2) is 12.1 Å². The molecule has 1 amide bonds. The second kappa shape index (κ2) is 4.27. The van der Waals surface area contributed by atoms with Gasteiger partial charge in [0.1, 0.15) is 0 Å². The smallest absolute Gasteiger partial charge is 0.228 e. The van der Waals surface area contributed by atoms with Crippen molar-refractivity contribution in [2.24, 2.45) is 0 Å². The number of hydrogen-bond donors (Lipinski definition) is 1. The number of anilines is 1. The Morgan fingerprint density at radius 3 is 2.29 bits per heavy atom. The van der Waals surface area contributed by atoms with Crippen molar-refractivity contribution in [1.29, 1.82) is 0 Å². The fourth-order valence-electron chi connectivity index (χ4n) is 1.62. The van der Waals surface area contributed by atoms with Crippen LogP contribution in [0.5, 0.6) is 0 Å².